The van der Waals surface area contributed by atoms with Crippen LogP contribution in [0.1, 0.15) is 48.8 Å². The molecule has 0 amide bonds. The summed E-state index contributed by atoms with van der Waals surface area (Å²) in [4.78, 5) is 2.36. The number of fused-ring (bicyclic) bond motifs is 1. The van der Waals surface area contributed by atoms with Crippen LogP contribution in [0.3, 0.4) is 0 Å². The van der Waals surface area contributed by atoms with E-state index in [1.54, 1.807) is 0 Å². The fourth-order valence-corrected chi connectivity index (χ4v) is 3.59. The molecule has 2 nitrogen and oxygen atoms in total. The number of nitriles is 1. The molecule has 0 bridgehead atoms. The third-order valence-electron chi connectivity index (χ3n) is 4.79. The highest BCUT2D eigenvalue weighted by atomic mass is 15.2. The van der Waals surface area contributed by atoms with Gasteiger partial charge < -0.3 is 0 Å². The predicted octanol–water partition coefficient (Wildman–Crippen LogP) is 3.27. The summed E-state index contributed by atoms with van der Waals surface area (Å²) < 4.78 is 0. The second-order valence-electron chi connectivity index (χ2n) is 5.99. The molecular weight excluding hydrogens is 232 g/mol. The quantitative estimate of drug-likeness (QED) is 0.827. The van der Waals surface area contributed by atoms with Crippen LogP contribution in [0.4, 0.5) is 0 Å². The number of benzene rings is 1. The van der Waals surface area contributed by atoms with Gasteiger partial charge in [0.2, 0.25) is 0 Å². The van der Waals surface area contributed by atoms with Gasteiger partial charge in [-0.2, -0.15) is 5.26 Å². The molecule has 2 heteroatoms. The number of hydrogen-bond acceptors (Lipinski definition) is 2. The van der Waals surface area contributed by atoms with Crippen LogP contribution in [0.5, 0.6) is 0 Å². The van der Waals surface area contributed by atoms with Gasteiger partial charge >= 0.3 is 0 Å². The van der Waals surface area contributed by atoms with Crippen LogP contribution in [0, 0.1) is 11.3 Å². The van der Waals surface area contributed by atoms with Crippen LogP contribution >= 0.6 is 0 Å². The Bertz CT molecular complexity index is 494. The van der Waals surface area contributed by atoms with Crippen LogP contribution in [0.15, 0.2) is 18.2 Å². The van der Waals surface area contributed by atoms with Crippen LogP contribution in [-0.4, -0.2) is 24.0 Å². The monoisotopic (exact) mass is 254 g/mol. The van der Waals surface area contributed by atoms with Crippen molar-refractivity contribution < 1.29 is 0 Å². The van der Waals surface area contributed by atoms with E-state index >= 15 is 0 Å². The van der Waals surface area contributed by atoms with Crippen molar-refractivity contribution in [2.24, 2.45) is 0 Å². The second kappa shape index (κ2) is 5.35. The molecule has 1 fully saturated rings. The zero-order valence-corrected chi connectivity index (χ0v) is 11.7. The molecular formula is C17H22N2. The van der Waals surface area contributed by atoms with Crippen molar-refractivity contribution in [3.63, 3.8) is 0 Å². The molecule has 1 aromatic carbocycles. The minimum atomic E-state index is 0.0435. The van der Waals surface area contributed by atoms with Crippen molar-refractivity contribution in [3.8, 4) is 6.07 Å². The lowest BCUT2D eigenvalue weighted by molar-refractivity contribution is 0.263. The Labute approximate surface area is 116 Å². The fraction of sp³-hybridized carbons (Fsp3) is 0.588. The van der Waals surface area contributed by atoms with Crippen LogP contribution in [-0.2, 0) is 12.8 Å². The topological polar surface area (TPSA) is 27.0 Å². The minimum absolute atomic E-state index is 0.0435. The highest BCUT2D eigenvalue weighted by Crippen LogP contribution is 2.30. The Morgan fingerprint density at radius 2 is 1.84 bits per heavy atom. The number of likely N-dealkylation sites (tertiary alicyclic amines) is 1. The molecule has 1 aliphatic heterocycles. The van der Waals surface area contributed by atoms with Crippen molar-refractivity contribution >= 4 is 0 Å². The number of aryl methyl sites for hydroxylation is 2. The van der Waals surface area contributed by atoms with Gasteiger partial charge in [-0.25, -0.2) is 0 Å². The predicted molar refractivity (Wildman–Crippen MR) is 77.1 cm³/mol. The summed E-state index contributed by atoms with van der Waals surface area (Å²) >= 11 is 0. The summed E-state index contributed by atoms with van der Waals surface area (Å²) in [6.07, 6.45) is 6.24. The molecule has 0 spiro atoms. The van der Waals surface area contributed by atoms with Crippen molar-refractivity contribution in [1.82, 2.24) is 4.90 Å². The van der Waals surface area contributed by atoms with Gasteiger partial charge in [0.05, 0.1) is 6.07 Å². The van der Waals surface area contributed by atoms with E-state index in [1.165, 1.54) is 48.8 Å². The van der Waals surface area contributed by atoms with E-state index in [0.717, 1.165) is 13.1 Å². The van der Waals surface area contributed by atoms with Crippen LogP contribution in [0.25, 0.3) is 0 Å². The van der Waals surface area contributed by atoms with Crippen LogP contribution in [0.2, 0.25) is 0 Å². The van der Waals surface area contributed by atoms with E-state index in [2.05, 4.69) is 36.1 Å². The van der Waals surface area contributed by atoms with Gasteiger partial charge in [-0.1, -0.05) is 25.1 Å². The molecule has 19 heavy (non-hydrogen) atoms. The first-order valence-electron chi connectivity index (χ1n) is 7.55. The molecule has 0 aromatic heterocycles. The lowest BCUT2D eigenvalue weighted by atomic mass is 9.91. The maximum absolute atomic E-state index is 9.52. The lowest BCUT2D eigenvalue weighted by Gasteiger charge is -2.27. The molecule has 0 saturated carbocycles. The van der Waals surface area contributed by atoms with Crippen molar-refractivity contribution in [1.29, 1.82) is 5.26 Å². The Morgan fingerprint density at radius 3 is 2.58 bits per heavy atom. The molecule has 1 heterocycles. The largest absolute Gasteiger partial charge is 0.288 e. The van der Waals surface area contributed by atoms with Gasteiger partial charge in [0, 0.05) is 5.92 Å². The second-order valence-corrected chi connectivity index (χ2v) is 5.99. The van der Waals surface area contributed by atoms with Gasteiger partial charge in [0.15, 0.2) is 0 Å². The van der Waals surface area contributed by atoms with E-state index in [1.807, 2.05) is 0 Å². The zero-order chi connectivity index (χ0) is 13.2. The highest BCUT2D eigenvalue weighted by Gasteiger charge is 2.28. The van der Waals surface area contributed by atoms with E-state index in [-0.39, 0.29) is 6.04 Å². The molecule has 1 aliphatic carbocycles. The number of rotatable bonds is 3. The van der Waals surface area contributed by atoms with Gasteiger partial charge in [-0.15, -0.1) is 0 Å². The maximum Gasteiger partial charge on any atom is 0.104 e. The number of hydrogen-bond donors (Lipinski definition) is 0. The number of nitrogens with zero attached hydrogens (tertiary/aromatic N) is 2. The molecule has 0 radical (unpaired) electrons. The first-order chi connectivity index (χ1) is 9.29. The first kappa shape index (κ1) is 12.7. The lowest BCUT2D eigenvalue weighted by Crippen LogP contribution is -2.35. The SMILES string of the molecule is CC(c1ccc2c(c1)CCC2)C(C#N)N1CCCC1. The normalized spacial score (nSPS) is 21.9. The maximum atomic E-state index is 9.52. The Kier molecular flexibility index (Phi) is 3.57. The molecule has 2 unspecified atom stereocenters. The summed E-state index contributed by atoms with van der Waals surface area (Å²) in [5.41, 5.74) is 4.38. The third-order valence-corrected chi connectivity index (χ3v) is 4.79. The minimum Gasteiger partial charge on any atom is -0.288 e. The molecule has 3 rings (SSSR count). The summed E-state index contributed by atoms with van der Waals surface area (Å²) in [6, 6.07) is 9.46. The third kappa shape index (κ3) is 2.40. The summed E-state index contributed by atoms with van der Waals surface area (Å²) in [6.45, 7) is 4.39. The highest BCUT2D eigenvalue weighted by molar-refractivity contribution is 5.37. The molecule has 1 saturated heterocycles. The van der Waals surface area contributed by atoms with E-state index in [4.69, 9.17) is 0 Å². The standard InChI is InChI=1S/C17H22N2/c1-13(17(12-18)19-9-2-3-10-19)15-8-7-14-5-4-6-16(14)11-15/h7-8,11,13,17H,2-6,9-10H2,1H3. The van der Waals surface area contributed by atoms with Crippen molar-refractivity contribution in [2.75, 3.05) is 13.1 Å². The van der Waals surface area contributed by atoms with Crippen molar-refractivity contribution in [2.45, 2.75) is 51.0 Å². The Hall–Kier alpha value is -1.33. The molecule has 2 aliphatic rings. The van der Waals surface area contributed by atoms with Gasteiger partial charge in [-0.3, -0.25) is 4.90 Å². The van der Waals surface area contributed by atoms with E-state index in [0.29, 0.717) is 5.92 Å². The average molecular weight is 254 g/mol. The average Bonchev–Trinajstić information content (AvgIpc) is 3.09. The van der Waals surface area contributed by atoms with Gasteiger partial charge in [0.25, 0.3) is 0 Å². The summed E-state index contributed by atoms with van der Waals surface area (Å²) in [7, 11) is 0. The Morgan fingerprint density at radius 1 is 1.11 bits per heavy atom. The van der Waals surface area contributed by atoms with E-state index in [9.17, 15) is 5.26 Å². The zero-order valence-electron chi connectivity index (χ0n) is 11.7. The molecule has 2 atom stereocenters. The first-order valence-corrected chi connectivity index (χ1v) is 7.55. The fourth-order valence-electron chi connectivity index (χ4n) is 3.59. The molecule has 1 aromatic rings. The van der Waals surface area contributed by atoms with Gasteiger partial charge in [0.1, 0.15) is 6.04 Å². The van der Waals surface area contributed by atoms with Crippen molar-refractivity contribution in [3.05, 3.63) is 34.9 Å². The smallest absolute Gasteiger partial charge is 0.104 e. The summed E-state index contributed by atoms with van der Waals surface area (Å²) in [5.74, 6) is 0.314. The Balaban J connectivity index is 1.82. The molecule has 100 valence electrons. The van der Waals surface area contributed by atoms with Gasteiger partial charge in [-0.05, 0) is 61.9 Å². The molecule has 0 N–H and O–H groups in total. The van der Waals surface area contributed by atoms with Crippen LogP contribution < -0.4 is 0 Å². The summed E-state index contributed by atoms with van der Waals surface area (Å²) in [5, 5.41) is 9.52. The van der Waals surface area contributed by atoms with E-state index < -0.39 is 0 Å².